The number of nitrogens with one attached hydrogen (secondary N) is 1. The summed E-state index contributed by atoms with van der Waals surface area (Å²) in [5.74, 6) is 1.72. The molecule has 2 rings (SSSR count). The summed E-state index contributed by atoms with van der Waals surface area (Å²) in [5, 5.41) is 13.3. The monoisotopic (exact) mass is 296 g/mol. The van der Waals surface area contributed by atoms with E-state index in [9.17, 15) is 9.90 Å². The van der Waals surface area contributed by atoms with E-state index in [0.29, 0.717) is 30.3 Å². The summed E-state index contributed by atoms with van der Waals surface area (Å²) in [4.78, 5) is 14.6. The quantitative estimate of drug-likeness (QED) is 0.838. The molecule has 6 unspecified atom stereocenters. The number of rotatable bonds is 3. The number of amides is 1. The van der Waals surface area contributed by atoms with E-state index in [2.05, 4.69) is 31.0 Å². The molecule has 1 aliphatic carbocycles. The van der Waals surface area contributed by atoms with Crippen molar-refractivity contribution < 1.29 is 9.90 Å². The van der Waals surface area contributed by atoms with Crippen LogP contribution in [0.25, 0.3) is 0 Å². The van der Waals surface area contributed by atoms with E-state index in [4.69, 9.17) is 0 Å². The standard InChI is InChI=1S/C17H32N2O2/c1-11-6-5-7-15(13(11)3)18-17(21)14(4)19-9-8-12(2)16(20)10-19/h11-16,20H,5-10H2,1-4H3,(H,18,21). The number of aliphatic hydroxyl groups is 1. The second-order valence-electron chi connectivity index (χ2n) is 7.39. The Morgan fingerprint density at radius 2 is 1.90 bits per heavy atom. The Kier molecular flexibility index (Phi) is 5.67. The van der Waals surface area contributed by atoms with Gasteiger partial charge in [-0.1, -0.05) is 33.6 Å². The van der Waals surface area contributed by atoms with Crippen molar-refractivity contribution >= 4 is 5.91 Å². The van der Waals surface area contributed by atoms with E-state index in [-0.39, 0.29) is 18.1 Å². The molecule has 1 amide bonds. The summed E-state index contributed by atoms with van der Waals surface area (Å²) in [7, 11) is 0. The summed E-state index contributed by atoms with van der Waals surface area (Å²) in [6.45, 7) is 10.1. The summed E-state index contributed by atoms with van der Waals surface area (Å²) in [6.07, 6.45) is 4.26. The lowest BCUT2D eigenvalue weighted by Gasteiger charge is -2.39. The van der Waals surface area contributed by atoms with Gasteiger partial charge in [-0.15, -0.1) is 0 Å². The Balaban J connectivity index is 1.87. The van der Waals surface area contributed by atoms with Gasteiger partial charge in [0, 0.05) is 12.6 Å². The fraction of sp³-hybridized carbons (Fsp3) is 0.941. The first-order chi connectivity index (χ1) is 9.90. The second kappa shape index (κ2) is 7.10. The highest BCUT2D eigenvalue weighted by Crippen LogP contribution is 2.29. The molecular weight excluding hydrogens is 264 g/mol. The molecule has 0 spiro atoms. The Labute approximate surface area is 129 Å². The molecule has 4 nitrogen and oxygen atoms in total. The molecule has 0 aromatic carbocycles. The van der Waals surface area contributed by atoms with E-state index in [1.54, 1.807) is 0 Å². The number of β-amino-alcohol motifs (C(OH)–C–C–N with tert-alkyl or cyclic N) is 1. The van der Waals surface area contributed by atoms with Gasteiger partial charge in [-0.05, 0) is 44.1 Å². The summed E-state index contributed by atoms with van der Waals surface area (Å²) < 4.78 is 0. The van der Waals surface area contributed by atoms with Gasteiger partial charge < -0.3 is 10.4 Å². The average Bonchev–Trinajstić information content (AvgIpc) is 2.46. The highest BCUT2D eigenvalue weighted by molar-refractivity contribution is 5.81. The van der Waals surface area contributed by atoms with Crippen LogP contribution in [0.5, 0.6) is 0 Å². The zero-order valence-corrected chi connectivity index (χ0v) is 14.0. The van der Waals surface area contributed by atoms with Crippen molar-refractivity contribution in [3.63, 3.8) is 0 Å². The molecule has 6 atom stereocenters. The largest absolute Gasteiger partial charge is 0.392 e. The molecule has 2 fully saturated rings. The van der Waals surface area contributed by atoms with Crippen LogP contribution in [0, 0.1) is 17.8 Å². The van der Waals surface area contributed by atoms with Gasteiger partial charge in [-0.3, -0.25) is 9.69 Å². The molecule has 0 radical (unpaired) electrons. The number of piperidine rings is 1. The molecule has 0 bridgehead atoms. The normalized spacial score (nSPS) is 39.8. The average molecular weight is 296 g/mol. The molecule has 0 aromatic heterocycles. The van der Waals surface area contributed by atoms with Crippen LogP contribution < -0.4 is 5.32 Å². The zero-order chi connectivity index (χ0) is 15.6. The van der Waals surface area contributed by atoms with Crippen molar-refractivity contribution in [2.24, 2.45) is 17.8 Å². The predicted molar refractivity (Wildman–Crippen MR) is 84.9 cm³/mol. The highest BCUT2D eigenvalue weighted by Gasteiger charge is 2.33. The Hall–Kier alpha value is -0.610. The first kappa shape index (κ1) is 16.8. The minimum absolute atomic E-state index is 0.128. The Morgan fingerprint density at radius 1 is 1.19 bits per heavy atom. The van der Waals surface area contributed by atoms with Gasteiger partial charge in [0.1, 0.15) is 0 Å². The topological polar surface area (TPSA) is 52.6 Å². The van der Waals surface area contributed by atoms with E-state index >= 15 is 0 Å². The SMILES string of the molecule is CC1CCN(C(C)C(=O)NC2CCCC(C)C2C)CC1O. The fourth-order valence-corrected chi connectivity index (χ4v) is 3.68. The fourth-order valence-electron chi connectivity index (χ4n) is 3.68. The minimum atomic E-state index is -0.303. The number of likely N-dealkylation sites (tertiary alicyclic amines) is 1. The predicted octanol–water partition coefficient (Wildman–Crippen LogP) is 2.02. The summed E-state index contributed by atoms with van der Waals surface area (Å²) in [5.41, 5.74) is 0. The van der Waals surface area contributed by atoms with Crippen LogP contribution in [0.1, 0.15) is 53.4 Å². The van der Waals surface area contributed by atoms with E-state index in [0.717, 1.165) is 19.4 Å². The van der Waals surface area contributed by atoms with E-state index in [1.807, 2.05) is 6.92 Å². The van der Waals surface area contributed by atoms with Crippen molar-refractivity contribution in [1.29, 1.82) is 0 Å². The molecule has 1 saturated heterocycles. The van der Waals surface area contributed by atoms with Gasteiger partial charge in [-0.25, -0.2) is 0 Å². The molecule has 4 heteroatoms. The Morgan fingerprint density at radius 3 is 2.57 bits per heavy atom. The maximum atomic E-state index is 12.5. The van der Waals surface area contributed by atoms with Crippen LogP contribution in [0.2, 0.25) is 0 Å². The summed E-state index contributed by atoms with van der Waals surface area (Å²) >= 11 is 0. The van der Waals surface area contributed by atoms with Crippen molar-refractivity contribution in [3.05, 3.63) is 0 Å². The van der Waals surface area contributed by atoms with Gasteiger partial charge >= 0.3 is 0 Å². The van der Waals surface area contributed by atoms with Gasteiger partial charge in [0.2, 0.25) is 5.91 Å². The molecule has 21 heavy (non-hydrogen) atoms. The number of nitrogens with zero attached hydrogens (tertiary/aromatic N) is 1. The van der Waals surface area contributed by atoms with Gasteiger partial charge in [0.15, 0.2) is 0 Å². The third-order valence-corrected chi connectivity index (χ3v) is 5.91. The van der Waals surface area contributed by atoms with Gasteiger partial charge in [0.25, 0.3) is 0 Å². The first-order valence-electron chi connectivity index (χ1n) is 8.62. The smallest absolute Gasteiger partial charge is 0.237 e. The third-order valence-electron chi connectivity index (χ3n) is 5.91. The first-order valence-corrected chi connectivity index (χ1v) is 8.62. The van der Waals surface area contributed by atoms with Crippen LogP contribution in [0.15, 0.2) is 0 Å². The number of carbonyl (C=O) groups is 1. The van der Waals surface area contributed by atoms with E-state index in [1.165, 1.54) is 12.8 Å². The number of hydrogen-bond acceptors (Lipinski definition) is 3. The molecule has 1 saturated carbocycles. The van der Waals surface area contributed by atoms with Gasteiger partial charge in [0.05, 0.1) is 12.1 Å². The Bertz CT molecular complexity index is 361. The maximum Gasteiger partial charge on any atom is 0.237 e. The highest BCUT2D eigenvalue weighted by atomic mass is 16.3. The molecule has 2 aliphatic rings. The lowest BCUT2D eigenvalue weighted by atomic mass is 9.78. The van der Waals surface area contributed by atoms with Crippen LogP contribution in [0.3, 0.4) is 0 Å². The van der Waals surface area contributed by atoms with E-state index < -0.39 is 0 Å². The summed E-state index contributed by atoms with van der Waals surface area (Å²) in [6, 6.07) is 0.175. The van der Waals surface area contributed by atoms with Crippen LogP contribution in [-0.2, 0) is 4.79 Å². The molecular formula is C17H32N2O2. The lowest BCUT2D eigenvalue weighted by Crippen LogP contribution is -2.55. The van der Waals surface area contributed by atoms with Crippen molar-refractivity contribution in [1.82, 2.24) is 10.2 Å². The number of hydrogen-bond donors (Lipinski definition) is 2. The molecule has 1 aliphatic heterocycles. The maximum absolute atomic E-state index is 12.5. The van der Waals surface area contributed by atoms with Gasteiger partial charge in [-0.2, -0.15) is 0 Å². The molecule has 0 aromatic rings. The van der Waals surface area contributed by atoms with Crippen molar-refractivity contribution in [2.45, 2.75) is 71.6 Å². The van der Waals surface area contributed by atoms with Crippen LogP contribution in [-0.4, -0.2) is 47.2 Å². The van der Waals surface area contributed by atoms with Crippen LogP contribution in [0.4, 0.5) is 0 Å². The number of carbonyl (C=O) groups excluding carboxylic acids is 1. The van der Waals surface area contributed by atoms with Crippen LogP contribution >= 0.6 is 0 Å². The molecule has 1 heterocycles. The minimum Gasteiger partial charge on any atom is -0.392 e. The molecule has 2 N–H and O–H groups in total. The third kappa shape index (κ3) is 3.98. The zero-order valence-electron chi connectivity index (χ0n) is 14.0. The second-order valence-corrected chi connectivity index (χ2v) is 7.39. The van der Waals surface area contributed by atoms with Crippen molar-refractivity contribution in [3.8, 4) is 0 Å². The van der Waals surface area contributed by atoms with Crippen molar-refractivity contribution in [2.75, 3.05) is 13.1 Å². The molecule has 122 valence electrons. The lowest BCUT2D eigenvalue weighted by molar-refractivity contribution is -0.129. The number of aliphatic hydroxyl groups excluding tert-OH is 1.